The van der Waals surface area contributed by atoms with Gasteiger partial charge in [-0.2, -0.15) is 28.5 Å². The second-order valence-electron chi connectivity index (χ2n) is 13.5. The van der Waals surface area contributed by atoms with Crippen molar-refractivity contribution in [3.8, 4) is 28.5 Å². The van der Waals surface area contributed by atoms with Crippen LogP contribution >= 0.6 is 11.6 Å². The molecule has 0 bridgehead atoms. The van der Waals surface area contributed by atoms with Gasteiger partial charge in [-0.1, -0.05) is 78.9 Å². The third kappa shape index (κ3) is 4.12. The van der Waals surface area contributed by atoms with Gasteiger partial charge in [0, 0.05) is 49.4 Å². The van der Waals surface area contributed by atoms with Gasteiger partial charge >= 0.3 is 0 Å². The third-order valence-electron chi connectivity index (χ3n) is 10.5. The molecule has 0 saturated carbocycles. The normalized spacial score (nSPS) is 14.7. The maximum absolute atomic E-state index is 6.42. The lowest BCUT2D eigenvalue weighted by atomic mass is 10.1. The molecule has 11 aromatic rings. The van der Waals surface area contributed by atoms with Gasteiger partial charge < -0.3 is 9.13 Å². The van der Waals surface area contributed by atoms with E-state index >= 15 is 0 Å². The van der Waals surface area contributed by atoms with E-state index in [1.807, 2.05) is 6.07 Å². The first-order valence-electron chi connectivity index (χ1n) is 17.7. The number of aromatic nitrogens is 11. The fourth-order valence-corrected chi connectivity index (χ4v) is 8.32. The molecule has 0 spiro atoms. The topological polar surface area (TPSA) is 100 Å². The molecular weight excluding hydrogens is 694 g/mol. The van der Waals surface area contributed by atoms with Crippen LogP contribution in [-0.2, 0) is 0 Å². The summed E-state index contributed by atoms with van der Waals surface area (Å²) < 4.78 is 9.56. The molecule has 0 radical (unpaired) electrons. The first-order chi connectivity index (χ1) is 26.7. The third-order valence-corrected chi connectivity index (χ3v) is 10.7. The smallest absolute Gasteiger partial charge is 0.261 e. The van der Waals surface area contributed by atoms with Gasteiger partial charge in [-0.3, -0.25) is 0 Å². The van der Waals surface area contributed by atoms with E-state index in [9.17, 15) is 0 Å². The summed E-state index contributed by atoms with van der Waals surface area (Å²) in [5.74, 6) is 2.29. The van der Waals surface area contributed by atoms with Crippen molar-refractivity contribution in [2.24, 2.45) is 0 Å². The molecule has 0 amide bonds. The van der Waals surface area contributed by atoms with Crippen LogP contribution in [0, 0.1) is 0 Å². The summed E-state index contributed by atoms with van der Waals surface area (Å²) in [7, 11) is 0. The number of rotatable bonds is 4. The molecule has 54 heavy (non-hydrogen) atoms. The zero-order valence-corrected chi connectivity index (χ0v) is 29.1. The lowest BCUT2D eigenvalue weighted by molar-refractivity contribution is 0.648. The Morgan fingerprint density at radius 2 is 1.07 bits per heavy atom. The second kappa shape index (κ2) is 11.0. The van der Waals surface area contributed by atoms with Gasteiger partial charge in [-0.25, -0.2) is 0 Å². The van der Waals surface area contributed by atoms with Crippen LogP contribution in [0.4, 0.5) is 0 Å². The monoisotopic (exact) mass is 719 g/mol. The summed E-state index contributed by atoms with van der Waals surface area (Å²) in [6, 6.07) is 40.4. The van der Waals surface area contributed by atoms with E-state index in [1.54, 1.807) is 13.5 Å². The molecular formula is C42H26ClN11. The van der Waals surface area contributed by atoms with Gasteiger partial charge in [0.25, 0.3) is 17.3 Å². The minimum Gasteiger partial charge on any atom is -0.333 e. The summed E-state index contributed by atoms with van der Waals surface area (Å²) in [6.07, 6.45) is 9.66. The lowest BCUT2D eigenvalue weighted by Crippen LogP contribution is -2.06. The molecule has 6 heterocycles. The minimum atomic E-state index is 0.0713. The fourth-order valence-electron chi connectivity index (χ4n) is 8.17. The summed E-state index contributed by atoms with van der Waals surface area (Å²) in [5, 5.41) is 19.1. The Bertz CT molecular complexity index is 3390. The maximum Gasteiger partial charge on any atom is 0.261 e. The Balaban J connectivity index is 1.04. The molecule has 6 aromatic heterocycles. The number of hydrogen-bond donors (Lipinski definition) is 0. The Labute approximate surface area is 310 Å². The molecule has 11 nitrogen and oxygen atoms in total. The molecule has 0 fully saturated rings. The highest BCUT2D eigenvalue weighted by atomic mass is 35.5. The van der Waals surface area contributed by atoms with Crippen LogP contribution in [0.1, 0.15) is 12.5 Å². The molecule has 0 N–H and O–H groups in total. The molecule has 1 aliphatic carbocycles. The number of nitrogens with zero attached hydrogens (tertiary/aromatic N) is 11. The van der Waals surface area contributed by atoms with E-state index in [2.05, 4.69) is 153 Å². The fraction of sp³-hybridized carbons (Fsp3) is 0.0476. The number of benzene rings is 5. The van der Waals surface area contributed by atoms with Crippen LogP contribution in [0.25, 0.3) is 89.4 Å². The van der Waals surface area contributed by atoms with Crippen LogP contribution in [0.3, 0.4) is 0 Å². The van der Waals surface area contributed by atoms with Crippen LogP contribution in [0.5, 0.6) is 0 Å². The number of halogens is 1. The Morgan fingerprint density at radius 3 is 1.78 bits per heavy atom. The number of fused-ring (bicyclic) bond motifs is 12. The molecule has 1 aliphatic rings. The van der Waals surface area contributed by atoms with Gasteiger partial charge in [-0.05, 0) is 78.7 Å². The Morgan fingerprint density at radius 1 is 0.519 bits per heavy atom. The first kappa shape index (κ1) is 29.5. The van der Waals surface area contributed by atoms with Gasteiger partial charge in [-0.15, -0.1) is 15.3 Å². The Hall–Kier alpha value is -7.11. The molecule has 5 aromatic carbocycles. The highest BCUT2D eigenvalue weighted by molar-refractivity contribution is 6.28. The number of hydrogen-bond acceptors (Lipinski definition) is 6. The van der Waals surface area contributed by atoms with E-state index in [0.29, 0.717) is 29.0 Å². The molecule has 12 heteroatoms. The Kier molecular flexibility index (Phi) is 5.98. The van der Waals surface area contributed by atoms with Crippen LogP contribution < -0.4 is 0 Å². The maximum atomic E-state index is 6.42. The second-order valence-corrected chi connectivity index (χ2v) is 13.9. The van der Waals surface area contributed by atoms with Gasteiger partial charge in [0.15, 0.2) is 11.6 Å². The average Bonchev–Trinajstić information content (AvgIpc) is 4.05. The predicted molar refractivity (Wildman–Crippen MR) is 211 cm³/mol. The van der Waals surface area contributed by atoms with Crippen molar-refractivity contribution in [2.45, 2.75) is 12.5 Å². The molecule has 256 valence electrons. The molecule has 1 atom stereocenters. The predicted octanol–water partition coefficient (Wildman–Crippen LogP) is 9.06. The highest BCUT2D eigenvalue weighted by Gasteiger charge is 2.23. The highest BCUT2D eigenvalue weighted by Crippen LogP contribution is 2.37. The standard InChI is InChI=1S/C42H26ClN11/c43-39-46-42-53-40(44-37(48-53)25-19-21-35-31(23-25)29-15-7-9-17-33(29)50(35)27-11-3-1-4-12-27)52-41(54(42)49-39)45-38(47-52)26-20-22-36-32(24-26)30-16-8-10-18-34(30)51(36)28-13-5-2-6-14-28/h1-13,15-24,28H,14H2. The SMILES string of the molecule is Clc1nc2n(n1)c1nc(-c3ccc4c(c3)c3ccccc3n4C3C=CC=CC3)nn1c1nc(-c3ccc4c(c3)c3ccccc3n4-c3ccccc3)nn21. The van der Waals surface area contributed by atoms with E-state index in [-0.39, 0.29) is 11.3 Å². The van der Waals surface area contributed by atoms with Crippen molar-refractivity contribution in [3.63, 3.8) is 0 Å². The van der Waals surface area contributed by atoms with Gasteiger partial charge in [0.2, 0.25) is 5.28 Å². The van der Waals surface area contributed by atoms with Gasteiger partial charge in [0.1, 0.15) is 0 Å². The summed E-state index contributed by atoms with van der Waals surface area (Å²) in [4.78, 5) is 14.5. The van der Waals surface area contributed by atoms with Crippen molar-refractivity contribution in [2.75, 3.05) is 0 Å². The van der Waals surface area contributed by atoms with Crippen LogP contribution in [0.2, 0.25) is 5.28 Å². The van der Waals surface area contributed by atoms with Crippen LogP contribution in [-0.4, -0.2) is 52.9 Å². The van der Waals surface area contributed by atoms with Crippen molar-refractivity contribution in [1.29, 1.82) is 0 Å². The molecule has 12 rings (SSSR count). The van der Waals surface area contributed by atoms with Crippen molar-refractivity contribution in [1.82, 2.24) is 52.9 Å². The van der Waals surface area contributed by atoms with Crippen molar-refractivity contribution < 1.29 is 0 Å². The lowest BCUT2D eigenvalue weighted by Gasteiger charge is -2.18. The average molecular weight is 720 g/mol. The van der Waals surface area contributed by atoms with Crippen LogP contribution in [0.15, 0.2) is 140 Å². The number of para-hydroxylation sites is 3. The molecule has 0 aliphatic heterocycles. The van der Waals surface area contributed by atoms with E-state index in [1.165, 1.54) is 10.9 Å². The van der Waals surface area contributed by atoms with E-state index in [4.69, 9.17) is 31.8 Å². The summed E-state index contributed by atoms with van der Waals surface area (Å²) >= 11 is 6.42. The quantitative estimate of drug-likeness (QED) is 0.180. The zero-order valence-electron chi connectivity index (χ0n) is 28.4. The zero-order chi connectivity index (χ0) is 35.5. The van der Waals surface area contributed by atoms with Crippen molar-refractivity contribution in [3.05, 3.63) is 145 Å². The molecule has 1 unspecified atom stereocenters. The van der Waals surface area contributed by atoms with Gasteiger partial charge in [0.05, 0.1) is 17.1 Å². The summed E-state index contributed by atoms with van der Waals surface area (Å²) in [5.41, 5.74) is 7.39. The summed E-state index contributed by atoms with van der Waals surface area (Å²) in [6.45, 7) is 0. The minimum absolute atomic E-state index is 0.0713. The first-order valence-corrected chi connectivity index (χ1v) is 18.1. The molecule has 0 saturated heterocycles. The largest absolute Gasteiger partial charge is 0.333 e. The number of allylic oxidation sites excluding steroid dienone is 4. The van der Waals surface area contributed by atoms with E-state index in [0.717, 1.165) is 55.9 Å². The van der Waals surface area contributed by atoms with Crippen molar-refractivity contribution >= 4 is 72.5 Å². The van der Waals surface area contributed by atoms with E-state index < -0.39 is 0 Å².